The molecule has 7 heteroatoms. The van der Waals surface area contributed by atoms with Crippen LogP contribution in [0.25, 0.3) is 33.3 Å². The molecule has 1 heterocycles. The number of aromatic nitrogens is 1. The number of amides is 1. The van der Waals surface area contributed by atoms with E-state index in [1.54, 1.807) is 19.2 Å². The van der Waals surface area contributed by atoms with E-state index in [9.17, 15) is 4.79 Å². The lowest BCUT2D eigenvalue weighted by Gasteiger charge is -2.14. The number of rotatable bonds is 5. The summed E-state index contributed by atoms with van der Waals surface area (Å²) >= 11 is 5.46. The molecule has 180 valence electrons. The number of ether oxygens (including phenoxy) is 1. The lowest BCUT2D eigenvalue weighted by molar-refractivity contribution is 0.0979. The molecule has 5 aromatic rings. The summed E-state index contributed by atoms with van der Waals surface area (Å²) in [5.41, 5.74) is 4.61. The Labute approximate surface area is 214 Å². The Hall–Kier alpha value is -4.23. The Morgan fingerprint density at radius 2 is 1.81 bits per heavy atom. The molecular weight excluding hydrogens is 470 g/mol. The molecule has 0 bridgehead atoms. The Kier molecular flexibility index (Phi) is 6.40. The molecule has 4 aromatic carbocycles. The number of thiocarbonyl (C=S) groups is 1. The smallest absolute Gasteiger partial charge is 0.258 e. The first-order chi connectivity index (χ1) is 17.4. The van der Waals surface area contributed by atoms with Crippen molar-refractivity contribution in [3.05, 3.63) is 90.0 Å². The van der Waals surface area contributed by atoms with Gasteiger partial charge in [0.05, 0.1) is 12.8 Å². The molecule has 0 unspecified atom stereocenters. The van der Waals surface area contributed by atoms with Gasteiger partial charge in [-0.25, -0.2) is 4.98 Å². The van der Waals surface area contributed by atoms with Gasteiger partial charge in [-0.05, 0) is 70.9 Å². The van der Waals surface area contributed by atoms with Crippen molar-refractivity contribution in [3.63, 3.8) is 0 Å². The van der Waals surface area contributed by atoms with Crippen molar-refractivity contribution < 1.29 is 13.9 Å². The van der Waals surface area contributed by atoms with Crippen LogP contribution in [0.15, 0.2) is 83.3 Å². The highest BCUT2D eigenvalue weighted by atomic mass is 32.1. The van der Waals surface area contributed by atoms with Crippen LogP contribution in [-0.2, 0) is 0 Å². The summed E-state index contributed by atoms with van der Waals surface area (Å²) in [6.45, 7) is 4.29. The second-order valence-corrected chi connectivity index (χ2v) is 9.16. The number of carbonyl (C=O) groups is 1. The second kappa shape index (κ2) is 9.79. The zero-order chi connectivity index (χ0) is 25.2. The van der Waals surface area contributed by atoms with Crippen LogP contribution in [0.4, 0.5) is 5.69 Å². The summed E-state index contributed by atoms with van der Waals surface area (Å²) in [4.78, 5) is 17.7. The van der Waals surface area contributed by atoms with Gasteiger partial charge in [-0.15, -0.1) is 0 Å². The largest absolute Gasteiger partial charge is 0.495 e. The third kappa shape index (κ3) is 4.65. The topological polar surface area (TPSA) is 76.4 Å². The van der Waals surface area contributed by atoms with E-state index in [2.05, 4.69) is 35.5 Å². The molecule has 0 aliphatic heterocycles. The number of nitrogens with zero attached hydrogens (tertiary/aromatic N) is 1. The van der Waals surface area contributed by atoms with Gasteiger partial charge in [-0.3, -0.25) is 10.1 Å². The summed E-state index contributed by atoms with van der Waals surface area (Å²) in [5.74, 6) is 1.16. The van der Waals surface area contributed by atoms with Gasteiger partial charge in [0.25, 0.3) is 5.91 Å². The summed E-state index contributed by atoms with van der Waals surface area (Å²) in [5, 5.41) is 7.85. The highest BCUT2D eigenvalue weighted by Gasteiger charge is 2.15. The van der Waals surface area contributed by atoms with Crippen LogP contribution in [0.1, 0.15) is 35.7 Å². The van der Waals surface area contributed by atoms with E-state index in [0.717, 1.165) is 27.4 Å². The first-order valence-electron chi connectivity index (χ1n) is 11.6. The molecular formula is C29H25N3O3S. The SMILES string of the molecule is COc1ccc(-c2nc3cc(C(C)C)ccc3o2)cc1NC(=S)NC(=O)c1cccc2ccccc12. The van der Waals surface area contributed by atoms with Crippen molar-refractivity contribution in [1.82, 2.24) is 10.3 Å². The highest BCUT2D eigenvalue weighted by Crippen LogP contribution is 2.32. The standard InChI is InChI=1S/C29H25N3O3S/c1-17(2)19-11-14-26-24(15-19)30-28(35-26)20-12-13-25(34-3)23(16-20)31-29(36)32-27(33)22-10-6-8-18-7-4-5-9-21(18)22/h4-17H,1-3H3,(H2,31,32,33,36). The molecule has 0 saturated heterocycles. The molecule has 0 aliphatic rings. The fourth-order valence-electron chi connectivity index (χ4n) is 4.11. The van der Waals surface area contributed by atoms with Crippen LogP contribution in [0.2, 0.25) is 0 Å². The van der Waals surface area contributed by atoms with Gasteiger partial charge >= 0.3 is 0 Å². The number of oxazole rings is 1. The minimum Gasteiger partial charge on any atom is -0.495 e. The van der Waals surface area contributed by atoms with Crippen LogP contribution in [0, 0.1) is 0 Å². The van der Waals surface area contributed by atoms with E-state index >= 15 is 0 Å². The predicted molar refractivity (Wildman–Crippen MR) is 148 cm³/mol. The average molecular weight is 496 g/mol. The number of carbonyl (C=O) groups excluding carboxylic acids is 1. The molecule has 2 N–H and O–H groups in total. The van der Waals surface area contributed by atoms with Crippen molar-refractivity contribution in [1.29, 1.82) is 0 Å². The van der Waals surface area contributed by atoms with Crippen molar-refractivity contribution >= 4 is 50.8 Å². The second-order valence-electron chi connectivity index (χ2n) is 8.75. The number of nitrogens with one attached hydrogen (secondary N) is 2. The number of anilines is 1. The summed E-state index contributed by atoms with van der Waals surface area (Å²) in [7, 11) is 1.57. The number of hydrogen-bond acceptors (Lipinski definition) is 5. The van der Waals surface area contributed by atoms with Crippen molar-refractivity contribution in [3.8, 4) is 17.2 Å². The molecule has 0 fully saturated rings. The Morgan fingerprint density at radius 1 is 1.00 bits per heavy atom. The zero-order valence-corrected chi connectivity index (χ0v) is 21.0. The maximum Gasteiger partial charge on any atom is 0.258 e. The third-order valence-corrected chi connectivity index (χ3v) is 6.24. The van der Waals surface area contributed by atoms with Crippen LogP contribution < -0.4 is 15.4 Å². The average Bonchev–Trinajstić information content (AvgIpc) is 3.31. The molecule has 5 rings (SSSR count). The van der Waals surface area contributed by atoms with Gasteiger partial charge in [0, 0.05) is 11.1 Å². The molecule has 0 saturated carbocycles. The maximum absolute atomic E-state index is 13.0. The van der Waals surface area contributed by atoms with E-state index in [1.165, 1.54) is 5.56 Å². The molecule has 6 nitrogen and oxygen atoms in total. The van der Waals surface area contributed by atoms with E-state index in [4.69, 9.17) is 21.4 Å². The molecule has 0 spiro atoms. The minimum absolute atomic E-state index is 0.155. The van der Waals surface area contributed by atoms with Gasteiger partial charge in [-0.1, -0.05) is 56.3 Å². The van der Waals surface area contributed by atoms with Gasteiger partial charge in [-0.2, -0.15) is 0 Å². The highest BCUT2D eigenvalue weighted by molar-refractivity contribution is 7.80. The first kappa shape index (κ1) is 23.5. The predicted octanol–water partition coefficient (Wildman–Crippen LogP) is 6.91. The number of hydrogen-bond donors (Lipinski definition) is 2. The normalized spacial score (nSPS) is 11.1. The summed E-state index contributed by atoms with van der Waals surface area (Å²) in [6, 6.07) is 24.9. The Balaban J connectivity index is 1.39. The Morgan fingerprint density at radius 3 is 2.61 bits per heavy atom. The van der Waals surface area contributed by atoms with Crippen LogP contribution >= 0.6 is 12.2 Å². The van der Waals surface area contributed by atoms with Crippen molar-refractivity contribution in [2.75, 3.05) is 12.4 Å². The summed E-state index contributed by atoms with van der Waals surface area (Å²) < 4.78 is 11.5. The monoisotopic (exact) mass is 495 g/mol. The third-order valence-electron chi connectivity index (χ3n) is 6.03. The quantitative estimate of drug-likeness (QED) is 0.258. The van der Waals surface area contributed by atoms with Crippen LogP contribution in [-0.4, -0.2) is 23.1 Å². The van der Waals surface area contributed by atoms with Crippen molar-refractivity contribution in [2.24, 2.45) is 0 Å². The first-order valence-corrected chi connectivity index (χ1v) is 12.0. The maximum atomic E-state index is 13.0. The lowest BCUT2D eigenvalue weighted by atomic mass is 10.0. The number of fused-ring (bicyclic) bond motifs is 2. The lowest BCUT2D eigenvalue weighted by Crippen LogP contribution is -2.34. The van der Waals surface area contributed by atoms with E-state index in [0.29, 0.717) is 28.8 Å². The minimum atomic E-state index is -0.292. The van der Waals surface area contributed by atoms with Crippen molar-refractivity contribution in [2.45, 2.75) is 19.8 Å². The fourth-order valence-corrected chi connectivity index (χ4v) is 4.32. The molecule has 1 aromatic heterocycles. The van der Waals surface area contributed by atoms with Crippen LogP contribution in [0.3, 0.4) is 0 Å². The fraction of sp³-hybridized carbons (Fsp3) is 0.138. The molecule has 1 amide bonds. The number of benzene rings is 4. The molecule has 36 heavy (non-hydrogen) atoms. The molecule has 0 radical (unpaired) electrons. The number of methoxy groups -OCH3 is 1. The van der Waals surface area contributed by atoms with Crippen LogP contribution in [0.5, 0.6) is 5.75 Å². The van der Waals surface area contributed by atoms with Gasteiger partial charge < -0.3 is 14.5 Å². The van der Waals surface area contributed by atoms with Gasteiger partial charge in [0.1, 0.15) is 11.3 Å². The Bertz CT molecular complexity index is 1600. The van der Waals surface area contributed by atoms with Gasteiger partial charge in [0.2, 0.25) is 5.89 Å². The van der Waals surface area contributed by atoms with E-state index in [-0.39, 0.29) is 11.0 Å². The molecule has 0 aliphatic carbocycles. The molecule has 0 atom stereocenters. The van der Waals surface area contributed by atoms with Gasteiger partial charge in [0.15, 0.2) is 10.7 Å². The van der Waals surface area contributed by atoms with E-state index < -0.39 is 0 Å². The zero-order valence-electron chi connectivity index (χ0n) is 20.2. The van der Waals surface area contributed by atoms with E-state index in [1.807, 2.05) is 60.7 Å². The summed E-state index contributed by atoms with van der Waals surface area (Å²) in [6.07, 6.45) is 0.